The van der Waals surface area contributed by atoms with Crippen LogP contribution in [-0.2, 0) is 8.61 Å². The van der Waals surface area contributed by atoms with Gasteiger partial charge < -0.3 is 8.61 Å². The maximum absolute atomic E-state index is 11.7. The molecule has 0 fully saturated rings. The fourth-order valence-electron chi connectivity index (χ4n) is 1.13. The smallest absolute Gasteiger partial charge is 0.398 e. The van der Waals surface area contributed by atoms with E-state index in [1.165, 1.54) is 21.9 Å². The van der Waals surface area contributed by atoms with Gasteiger partial charge in [0.25, 0.3) is 0 Å². The summed E-state index contributed by atoms with van der Waals surface area (Å²) in [6.45, 7) is 5.90. The van der Waals surface area contributed by atoms with E-state index in [-0.39, 0.29) is 0 Å². The van der Waals surface area contributed by atoms with E-state index in [9.17, 15) is 4.79 Å². The quantitative estimate of drug-likeness (QED) is 0.497. The van der Waals surface area contributed by atoms with Crippen molar-refractivity contribution in [3.8, 4) is 0 Å². The van der Waals surface area contributed by atoms with E-state index < -0.39 is 14.4 Å². The Morgan fingerprint density at radius 2 is 1.94 bits per heavy atom. The second kappa shape index (κ2) is 7.08. The molecule has 1 rings (SSSR count). The number of carbonyl (C=O) groups is 1. The Morgan fingerprint density at radius 1 is 1.28 bits per heavy atom. The summed E-state index contributed by atoms with van der Waals surface area (Å²) < 4.78 is 10.3. The molecular weight excluding hydrogens is 286 g/mol. The molecule has 1 aromatic rings. The molecule has 1 N–H and O–H groups in total. The maximum Gasteiger partial charge on any atom is 0.398 e. The highest BCUT2D eigenvalue weighted by atomic mass is 33.1. The van der Waals surface area contributed by atoms with Crippen LogP contribution in [0.1, 0.15) is 0 Å². The van der Waals surface area contributed by atoms with Gasteiger partial charge in [0.2, 0.25) is 8.32 Å². The number of amides is 1. The second-order valence-corrected chi connectivity index (χ2v) is 10.9. The topological polar surface area (TPSA) is 47.6 Å². The Kier molecular flexibility index (Phi) is 6.07. The summed E-state index contributed by atoms with van der Waals surface area (Å²) in [5, 5.41) is 2.76. The molecule has 0 aliphatic heterocycles. The van der Waals surface area contributed by atoms with E-state index in [1.807, 2.05) is 43.9 Å². The molecule has 0 heterocycles. The standard InChI is InChI=1S/C11H17NO3S2Si/c1-14-17-16-10-8-6-5-7-9(10)12-11(13)15-18(2,3)4/h5-8H,1-4H3,(H,12,13). The molecule has 0 saturated carbocycles. The van der Waals surface area contributed by atoms with Gasteiger partial charge in [-0.05, 0) is 42.6 Å². The molecule has 4 nitrogen and oxygen atoms in total. The Labute approximate surface area is 117 Å². The Bertz CT molecular complexity index is 410. The highest BCUT2D eigenvalue weighted by Gasteiger charge is 2.20. The average Bonchev–Trinajstić information content (AvgIpc) is 2.25. The van der Waals surface area contributed by atoms with Crippen LogP contribution in [0.3, 0.4) is 0 Å². The van der Waals surface area contributed by atoms with E-state index >= 15 is 0 Å². The second-order valence-electron chi connectivity index (χ2n) is 4.44. The van der Waals surface area contributed by atoms with Gasteiger partial charge in [-0.3, -0.25) is 5.32 Å². The monoisotopic (exact) mass is 303 g/mol. The minimum Gasteiger partial charge on any atom is -0.504 e. The fourth-order valence-corrected chi connectivity index (χ4v) is 3.08. The predicted octanol–water partition coefficient (Wildman–Crippen LogP) is 4.37. The van der Waals surface area contributed by atoms with Crippen molar-refractivity contribution in [2.24, 2.45) is 0 Å². The molecule has 0 aromatic heterocycles. The van der Waals surface area contributed by atoms with Crippen molar-refractivity contribution in [1.82, 2.24) is 0 Å². The number of carbonyl (C=O) groups excluding carboxylic acids is 1. The highest BCUT2D eigenvalue weighted by molar-refractivity contribution is 8.74. The molecule has 1 aromatic carbocycles. The van der Waals surface area contributed by atoms with E-state index in [0.717, 1.165) is 10.6 Å². The van der Waals surface area contributed by atoms with Gasteiger partial charge in [-0.2, -0.15) is 0 Å². The van der Waals surface area contributed by atoms with Gasteiger partial charge in [-0.1, -0.05) is 12.1 Å². The van der Waals surface area contributed by atoms with Crippen molar-refractivity contribution < 1.29 is 13.4 Å². The van der Waals surface area contributed by atoms with E-state index in [0.29, 0.717) is 0 Å². The van der Waals surface area contributed by atoms with Gasteiger partial charge >= 0.3 is 6.09 Å². The predicted molar refractivity (Wildman–Crippen MR) is 80.3 cm³/mol. The summed E-state index contributed by atoms with van der Waals surface area (Å²) in [4.78, 5) is 12.6. The molecule has 0 atom stereocenters. The molecule has 0 bridgehead atoms. The lowest BCUT2D eigenvalue weighted by atomic mass is 10.3. The highest BCUT2D eigenvalue weighted by Crippen LogP contribution is 2.36. The molecule has 0 unspecified atom stereocenters. The van der Waals surface area contributed by atoms with Crippen molar-refractivity contribution in [2.45, 2.75) is 24.5 Å². The first kappa shape index (κ1) is 15.4. The first-order valence-electron chi connectivity index (χ1n) is 5.39. The van der Waals surface area contributed by atoms with Crippen LogP contribution in [-0.4, -0.2) is 21.5 Å². The van der Waals surface area contributed by atoms with Gasteiger partial charge in [0.1, 0.15) is 0 Å². The Morgan fingerprint density at radius 3 is 2.56 bits per heavy atom. The van der Waals surface area contributed by atoms with E-state index in [4.69, 9.17) is 8.61 Å². The Hall–Kier alpha value is -0.633. The summed E-state index contributed by atoms with van der Waals surface area (Å²) in [5.41, 5.74) is 0.732. The zero-order valence-corrected chi connectivity index (χ0v) is 13.5. The fraction of sp³-hybridized carbons (Fsp3) is 0.364. The minimum atomic E-state index is -1.87. The van der Waals surface area contributed by atoms with Crippen LogP contribution < -0.4 is 5.32 Å². The van der Waals surface area contributed by atoms with E-state index in [1.54, 1.807) is 7.11 Å². The molecule has 0 aliphatic rings. The maximum atomic E-state index is 11.7. The summed E-state index contributed by atoms with van der Waals surface area (Å²) >= 11 is 1.25. The van der Waals surface area contributed by atoms with Crippen molar-refractivity contribution in [3.05, 3.63) is 24.3 Å². The first-order chi connectivity index (χ1) is 8.42. The van der Waals surface area contributed by atoms with Crippen molar-refractivity contribution >= 4 is 42.0 Å². The van der Waals surface area contributed by atoms with E-state index in [2.05, 4.69) is 5.32 Å². The van der Waals surface area contributed by atoms with Gasteiger partial charge in [0.15, 0.2) is 0 Å². The third kappa shape index (κ3) is 5.81. The number of rotatable bonds is 5. The Balaban J connectivity index is 2.68. The summed E-state index contributed by atoms with van der Waals surface area (Å²) in [6, 6.07) is 7.53. The summed E-state index contributed by atoms with van der Waals surface area (Å²) in [7, 11) is 1.18. The molecular formula is C11H17NO3S2Si. The molecule has 0 saturated heterocycles. The molecule has 0 spiro atoms. The normalized spacial score (nSPS) is 11.1. The lowest BCUT2D eigenvalue weighted by Gasteiger charge is -2.18. The first-order valence-corrected chi connectivity index (χ1v) is 10.9. The van der Waals surface area contributed by atoms with Crippen molar-refractivity contribution in [2.75, 3.05) is 12.4 Å². The lowest BCUT2D eigenvalue weighted by Crippen LogP contribution is -2.31. The molecule has 18 heavy (non-hydrogen) atoms. The number of hydrogen-bond donors (Lipinski definition) is 1. The summed E-state index contributed by atoms with van der Waals surface area (Å²) in [5.74, 6) is 0. The molecule has 100 valence electrons. The minimum absolute atomic E-state index is 0.398. The largest absolute Gasteiger partial charge is 0.504 e. The van der Waals surface area contributed by atoms with Crippen LogP contribution in [0.5, 0.6) is 0 Å². The third-order valence-electron chi connectivity index (χ3n) is 1.71. The average molecular weight is 303 g/mol. The van der Waals surface area contributed by atoms with Gasteiger partial charge in [-0.15, -0.1) is 0 Å². The zero-order chi connectivity index (χ0) is 13.6. The van der Waals surface area contributed by atoms with Crippen LogP contribution in [0, 0.1) is 0 Å². The van der Waals surface area contributed by atoms with Crippen LogP contribution in [0.4, 0.5) is 10.5 Å². The molecule has 7 heteroatoms. The lowest BCUT2D eigenvalue weighted by molar-refractivity contribution is 0.213. The van der Waals surface area contributed by atoms with Gasteiger partial charge in [0.05, 0.1) is 23.9 Å². The molecule has 0 radical (unpaired) electrons. The SMILES string of the molecule is COSSc1ccccc1NC(=O)O[Si](C)(C)C. The zero-order valence-electron chi connectivity index (χ0n) is 10.9. The number of hydrogen-bond acceptors (Lipinski definition) is 5. The van der Waals surface area contributed by atoms with Crippen LogP contribution in [0.25, 0.3) is 0 Å². The van der Waals surface area contributed by atoms with Crippen LogP contribution in [0.2, 0.25) is 19.6 Å². The van der Waals surface area contributed by atoms with Crippen LogP contribution in [0.15, 0.2) is 29.2 Å². The van der Waals surface area contributed by atoms with Crippen molar-refractivity contribution in [1.29, 1.82) is 0 Å². The van der Waals surface area contributed by atoms with Gasteiger partial charge in [0, 0.05) is 4.90 Å². The third-order valence-corrected chi connectivity index (χ3v) is 4.40. The van der Waals surface area contributed by atoms with Crippen molar-refractivity contribution in [3.63, 3.8) is 0 Å². The summed E-state index contributed by atoms with van der Waals surface area (Å²) in [6.07, 6.45) is -0.398. The molecule has 1 amide bonds. The van der Waals surface area contributed by atoms with Gasteiger partial charge in [-0.25, -0.2) is 4.79 Å². The number of para-hydroxylation sites is 1. The van der Waals surface area contributed by atoms with Crippen LogP contribution >= 0.6 is 21.9 Å². The number of nitrogens with one attached hydrogen (secondary N) is 1. The molecule has 0 aliphatic carbocycles. The number of anilines is 1. The number of benzene rings is 1.